The third-order valence-corrected chi connectivity index (χ3v) is 3.82. The van der Waals surface area contributed by atoms with Crippen LogP contribution in [0.4, 0.5) is 10.3 Å². The van der Waals surface area contributed by atoms with Crippen molar-refractivity contribution >= 4 is 34.5 Å². The molecule has 7 heteroatoms. The van der Waals surface area contributed by atoms with E-state index in [1.54, 1.807) is 12.1 Å². The van der Waals surface area contributed by atoms with Gasteiger partial charge in [-0.15, -0.1) is 0 Å². The van der Waals surface area contributed by atoms with Crippen molar-refractivity contribution in [2.75, 3.05) is 5.32 Å². The number of halogens is 2. The topological polar surface area (TPSA) is 68.2 Å². The average Bonchev–Trinajstić information content (AvgIpc) is 2.84. The van der Waals surface area contributed by atoms with Crippen LogP contribution in [-0.4, -0.2) is 15.5 Å². The molecule has 0 fully saturated rings. The van der Waals surface area contributed by atoms with Crippen molar-refractivity contribution in [1.82, 2.24) is 9.55 Å². The van der Waals surface area contributed by atoms with E-state index in [0.29, 0.717) is 16.5 Å². The monoisotopic (exact) mass is 315 g/mol. The number of hydrogen-bond acceptors (Lipinski definition) is 4. The van der Waals surface area contributed by atoms with Crippen molar-refractivity contribution in [2.45, 2.75) is 6.17 Å². The van der Waals surface area contributed by atoms with Gasteiger partial charge in [0.25, 0.3) is 0 Å². The van der Waals surface area contributed by atoms with Crippen molar-refractivity contribution in [2.24, 2.45) is 10.7 Å². The molecule has 1 aliphatic rings. The second kappa shape index (κ2) is 4.71. The number of nitrogens with one attached hydrogen (secondary N) is 1. The minimum absolute atomic E-state index is 0.196. The predicted octanol–water partition coefficient (Wildman–Crippen LogP) is 3.12. The Morgan fingerprint density at radius 3 is 2.86 bits per heavy atom. The maximum absolute atomic E-state index is 14.3. The van der Waals surface area contributed by atoms with E-state index >= 15 is 0 Å². The normalized spacial score (nSPS) is 17.0. The molecule has 0 saturated heterocycles. The van der Waals surface area contributed by atoms with E-state index in [4.69, 9.17) is 17.3 Å². The van der Waals surface area contributed by atoms with Gasteiger partial charge in [0.05, 0.1) is 11.0 Å². The van der Waals surface area contributed by atoms with Gasteiger partial charge in [0.15, 0.2) is 12.1 Å². The number of guanidine groups is 1. The zero-order valence-electron chi connectivity index (χ0n) is 11.3. The zero-order valence-corrected chi connectivity index (χ0v) is 12.0. The summed E-state index contributed by atoms with van der Waals surface area (Å²) >= 11 is 5.83. The molecular weight excluding hydrogens is 305 g/mol. The molecule has 0 saturated carbocycles. The first-order valence-corrected chi connectivity index (χ1v) is 7.03. The maximum Gasteiger partial charge on any atom is 0.212 e. The highest BCUT2D eigenvalue weighted by molar-refractivity contribution is 6.30. The Labute approximate surface area is 130 Å². The highest BCUT2D eigenvalue weighted by Gasteiger charge is 2.26. The summed E-state index contributed by atoms with van der Waals surface area (Å²) in [5, 5.41) is 3.25. The molecule has 5 nitrogen and oxygen atoms in total. The zero-order chi connectivity index (χ0) is 15.3. The number of aromatic nitrogens is 2. The third-order valence-electron chi connectivity index (χ3n) is 3.58. The van der Waals surface area contributed by atoms with Crippen LogP contribution in [0, 0.1) is 5.82 Å². The molecule has 1 aromatic heterocycles. The number of hydrogen-bond donors (Lipinski definition) is 2. The molecule has 0 radical (unpaired) electrons. The van der Waals surface area contributed by atoms with Gasteiger partial charge in [-0.25, -0.2) is 14.4 Å². The van der Waals surface area contributed by atoms with Crippen LogP contribution in [0.1, 0.15) is 11.7 Å². The van der Waals surface area contributed by atoms with E-state index in [9.17, 15) is 4.39 Å². The number of nitrogens with zero attached hydrogens (tertiary/aromatic N) is 3. The second-order valence-corrected chi connectivity index (χ2v) is 5.41. The summed E-state index contributed by atoms with van der Waals surface area (Å²) in [6.07, 6.45) is -0.624. The number of fused-ring (bicyclic) bond motifs is 3. The summed E-state index contributed by atoms with van der Waals surface area (Å²) in [4.78, 5) is 8.80. The van der Waals surface area contributed by atoms with Gasteiger partial charge >= 0.3 is 0 Å². The first-order valence-electron chi connectivity index (χ1n) is 6.66. The van der Waals surface area contributed by atoms with Gasteiger partial charge < -0.3 is 5.73 Å². The van der Waals surface area contributed by atoms with E-state index in [0.717, 1.165) is 11.0 Å². The molecule has 0 amide bonds. The molecule has 2 aromatic carbocycles. The van der Waals surface area contributed by atoms with Gasteiger partial charge in [-0.1, -0.05) is 29.8 Å². The minimum Gasteiger partial charge on any atom is -0.370 e. The maximum atomic E-state index is 14.3. The van der Waals surface area contributed by atoms with Gasteiger partial charge in [0.2, 0.25) is 5.95 Å². The lowest BCUT2D eigenvalue weighted by molar-refractivity contribution is 0.551. The summed E-state index contributed by atoms with van der Waals surface area (Å²) < 4.78 is 16.1. The molecule has 1 atom stereocenters. The molecule has 0 bridgehead atoms. The molecule has 4 rings (SSSR count). The van der Waals surface area contributed by atoms with Gasteiger partial charge in [0, 0.05) is 10.6 Å². The van der Waals surface area contributed by atoms with Gasteiger partial charge in [-0.05, 0) is 24.3 Å². The van der Waals surface area contributed by atoms with Gasteiger partial charge in [-0.3, -0.25) is 9.88 Å². The van der Waals surface area contributed by atoms with Crippen LogP contribution in [0.5, 0.6) is 0 Å². The average molecular weight is 316 g/mol. The van der Waals surface area contributed by atoms with Crippen molar-refractivity contribution < 1.29 is 4.39 Å². The SMILES string of the molecule is NC1=N[C@H](c2ccc(Cl)cc2F)n2c(nc3ccccc32)N1. The lowest BCUT2D eigenvalue weighted by Crippen LogP contribution is -2.31. The first-order chi connectivity index (χ1) is 10.6. The highest BCUT2D eigenvalue weighted by atomic mass is 35.5. The molecular formula is C15H11ClFN5. The van der Waals surface area contributed by atoms with Crippen LogP contribution < -0.4 is 11.1 Å². The Morgan fingerprint density at radius 2 is 2.05 bits per heavy atom. The Kier molecular flexibility index (Phi) is 2.80. The van der Waals surface area contributed by atoms with Crippen molar-refractivity contribution in [3.8, 4) is 0 Å². The number of anilines is 1. The lowest BCUT2D eigenvalue weighted by Gasteiger charge is -2.24. The van der Waals surface area contributed by atoms with Crippen LogP contribution in [0.25, 0.3) is 11.0 Å². The Bertz CT molecular complexity index is 917. The molecule has 2 heterocycles. The molecule has 0 spiro atoms. The van der Waals surface area contributed by atoms with Crippen LogP contribution >= 0.6 is 11.6 Å². The quantitative estimate of drug-likeness (QED) is 0.725. The summed E-state index contributed by atoms with van der Waals surface area (Å²) in [6, 6.07) is 12.1. The fraction of sp³-hybridized carbons (Fsp3) is 0.0667. The van der Waals surface area contributed by atoms with Crippen LogP contribution in [0.15, 0.2) is 47.5 Å². The van der Waals surface area contributed by atoms with Crippen molar-refractivity contribution in [1.29, 1.82) is 0 Å². The fourth-order valence-corrected chi connectivity index (χ4v) is 2.79. The number of rotatable bonds is 1. The number of nitrogens with two attached hydrogens (primary N) is 1. The molecule has 110 valence electrons. The van der Waals surface area contributed by atoms with Crippen LogP contribution in [0.2, 0.25) is 5.02 Å². The summed E-state index contributed by atoms with van der Waals surface area (Å²) in [6.45, 7) is 0. The van der Waals surface area contributed by atoms with Gasteiger partial charge in [0.1, 0.15) is 5.82 Å². The van der Waals surface area contributed by atoms with E-state index < -0.39 is 12.0 Å². The smallest absolute Gasteiger partial charge is 0.212 e. The number of imidazole rings is 1. The summed E-state index contributed by atoms with van der Waals surface area (Å²) in [5.41, 5.74) is 7.84. The van der Waals surface area contributed by atoms with E-state index in [2.05, 4.69) is 15.3 Å². The van der Waals surface area contributed by atoms with Crippen molar-refractivity contribution in [3.63, 3.8) is 0 Å². The minimum atomic E-state index is -0.624. The number of benzene rings is 2. The third kappa shape index (κ3) is 1.92. The largest absolute Gasteiger partial charge is 0.370 e. The number of para-hydroxylation sites is 2. The van der Waals surface area contributed by atoms with Crippen LogP contribution in [0.3, 0.4) is 0 Å². The molecule has 22 heavy (non-hydrogen) atoms. The Hall–Kier alpha value is -2.60. The summed E-state index contributed by atoms with van der Waals surface area (Å²) in [5.74, 6) is 0.301. The lowest BCUT2D eigenvalue weighted by atomic mass is 10.1. The van der Waals surface area contributed by atoms with Crippen molar-refractivity contribution in [3.05, 3.63) is 58.9 Å². The van der Waals surface area contributed by atoms with E-state index in [-0.39, 0.29) is 5.96 Å². The Balaban J connectivity index is 1.98. The predicted molar refractivity (Wildman–Crippen MR) is 84.5 cm³/mol. The first kappa shape index (κ1) is 13.1. The second-order valence-electron chi connectivity index (χ2n) is 4.97. The molecule has 0 unspecified atom stereocenters. The van der Waals surface area contributed by atoms with E-state index in [1.807, 2.05) is 28.8 Å². The Morgan fingerprint density at radius 1 is 1.23 bits per heavy atom. The summed E-state index contributed by atoms with van der Waals surface area (Å²) in [7, 11) is 0. The standard InChI is InChI=1S/C15H11ClFN5/c16-8-5-6-9(10(17)7-8)13-20-14(18)21-15-19-11-3-1-2-4-12(11)22(13)15/h1-7,13H,(H3,18,19,20,21)/t13-/m0/s1. The number of aliphatic imine (C=N–C) groups is 1. The molecule has 1 aliphatic heterocycles. The molecule has 0 aliphatic carbocycles. The van der Waals surface area contributed by atoms with Crippen LogP contribution in [-0.2, 0) is 0 Å². The fourth-order valence-electron chi connectivity index (χ4n) is 2.64. The van der Waals surface area contributed by atoms with Gasteiger partial charge in [-0.2, -0.15) is 0 Å². The molecule has 3 N–H and O–H groups in total. The van der Waals surface area contributed by atoms with E-state index in [1.165, 1.54) is 6.07 Å². The molecule has 3 aromatic rings. The highest BCUT2D eigenvalue weighted by Crippen LogP contribution is 2.33.